The van der Waals surface area contributed by atoms with E-state index in [-0.39, 0.29) is 59.1 Å². The third kappa shape index (κ3) is 10.5. The van der Waals surface area contributed by atoms with Crippen LogP contribution in [0.5, 0.6) is 0 Å². The molecule has 0 saturated carbocycles. The Labute approximate surface area is 245 Å². The van der Waals surface area contributed by atoms with Crippen molar-refractivity contribution in [2.75, 3.05) is 27.4 Å². The molecule has 2 saturated heterocycles. The molecule has 0 bridgehead atoms. The second-order valence-corrected chi connectivity index (χ2v) is 9.07. The Bertz CT molecular complexity index is 844. The van der Waals surface area contributed by atoms with Gasteiger partial charge in [-0.25, -0.2) is 16.8 Å². The largest absolute Gasteiger partial charge is 1.00 e. The van der Waals surface area contributed by atoms with Crippen molar-refractivity contribution >= 4 is 20.8 Å². The minimum Gasteiger partial charge on any atom is -0.726 e. The fourth-order valence-electron chi connectivity index (χ4n) is 3.28. The molecule has 35 heavy (non-hydrogen) atoms. The molecule has 2 aliphatic rings. The van der Waals surface area contributed by atoms with Crippen molar-refractivity contribution in [2.24, 2.45) is 0 Å². The fourth-order valence-corrected chi connectivity index (χ4v) is 3.88. The second kappa shape index (κ2) is 15.2. The van der Waals surface area contributed by atoms with Crippen LogP contribution >= 0.6 is 0 Å². The van der Waals surface area contributed by atoms with Crippen molar-refractivity contribution in [3.63, 3.8) is 0 Å². The Morgan fingerprint density at radius 1 is 0.686 bits per heavy atom. The summed E-state index contributed by atoms with van der Waals surface area (Å²) in [6.07, 6.45) is -16.7. The number of ether oxygens (including phenoxy) is 5. The first-order valence-corrected chi connectivity index (χ1v) is 11.8. The van der Waals surface area contributed by atoms with Gasteiger partial charge in [-0.3, -0.25) is 8.37 Å². The van der Waals surface area contributed by atoms with Gasteiger partial charge in [-0.05, 0) is 0 Å². The van der Waals surface area contributed by atoms with Gasteiger partial charge in [-0.1, -0.05) is 0 Å². The third-order valence-electron chi connectivity index (χ3n) is 4.83. The van der Waals surface area contributed by atoms with E-state index in [1.165, 1.54) is 0 Å². The summed E-state index contributed by atoms with van der Waals surface area (Å²) >= 11 is 0. The quantitative estimate of drug-likeness (QED) is 0.107. The van der Waals surface area contributed by atoms with Crippen LogP contribution in [0.4, 0.5) is 0 Å². The Morgan fingerprint density at radius 3 is 1.63 bits per heavy atom. The summed E-state index contributed by atoms with van der Waals surface area (Å²) in [7, 11) is -8.12. The third-order valence-corrected chi connectivity index (χ3v) is 5.68. The smallest absolute Gasteiger partial charge is 0.726 e. The Morgan fingerprint density at radius 2 is 1.17 bits per heavy atom. The zero-order valence-corrected chi connectivity index (χ0v) is 24.7. The van der Waals surface area contributed by atoms with Gasteiger partial charge in [0.1, 0.15) is 48.8 Å². The van der Waals surface area contributed by atoms with E-state index in [9.17, 15) is 46.4 Å². The SMILES string of the molecule is CO[C@@H]1O[C@@H](COS(=O)(=O)[O-])[C@@H](O[C@@H]2O[C@H](COS(=O)(=O)[O-])[C@H](O)[C@H](O)[C@H]2O)[C@@H](OC)[C@@H]1O.[Na+].[Na+]. The molecule has 0 aromatic carbocycles. The zero-order chi connectivity index (χ0) is 25.1. The zero-order valence-electron chi connectivity index (χ0n) is 19.1. The monoisotopic (exact) mass is 574 g/mol. The van der Waals surface area contributed by atoms with E-state index in [4.69, 9.17) is 23.7 Å². The molecule has 17 nitrogen and oxygen atoms in total. The van der Waals surface area contributed by atoms with Crippen LogP contribution < -0.4 is 59.1 Å². The van der Waals surface area contributed by atoms with Crippen molar-refractivity contribution in [1.82, 2.24) is 0 Å². The standard InChI is InChI=1S/C14H26O17S2.2Na/c1-25-12-10(18)13(26-2)30-6(4-28-33(22,23)24)11(12)31-14-9(17)8(16)7(15)5(29-14)3-27-32(19,20)21;;/h5-18H,3-4H2,1-2H3,(H,19,20,21)(H,22,23,24);;/q;2*+1/p-2/t5-,6+,7+,8+,9-,10+,11-,12+,13-,14+;;/m1../s1. The summed E-state index contributed by atoms with van der Waals surface area (Å²) in [5.74, 6) is 0. The normalized spacial score (nSPS) is 38.3. The van der Waals surface area contributed by atoms with E-state index in [0.717, 1.165) is 14.2 Å². The number of aliphatic hydroxyl groups excluding tert-OH is 4. The first kappa shape index (κ1) is 36.4. The van der Waals surface area contributed by atoms with Crippen LogP contribution in [0.15, 0.2) is 0 Å². The van der Waals surface area contributed by atoms with E-state index in [0.29, 0.717) is 0 Å². The maximum atomic E-state index is 10.9. The predicted octanol–water partition coefficient (Wildman–Crippen LogP) is -11.1. The molecule has 0 aliphatic carbocycles. The summed E-state index contributed by atoms with van der Waals surface area (Å²) in [5, 5.41) is 40.6. The average molecular weight is 574 g/mol. The van der Waals surface area contributed by atoms with Crippen LogP contribution in [0, 0.1) is 0 Å². The predicted molar refractivity (Wildman–Crippen MR) is 95.3 cm³/mol. The Balaban J connectivity index is 0.00000578. The first-order chi connectivity index (χ1) is 15.2. The molecule has 0 unspecified atom stereocenters. The molecule has 4 N–H and O–H groups in total. The maximum Gasteiger partial charge on any atom is 1.00 e. The van der Waals surface area contributed by atoms with Gasteiger partial charge in [0.05, 0.1) is 13.2 Å². The van der Waals surface area contributed by atoms with Crippen molar-refractivity contribution in [2.45, 2.75) is 61.4 Å². The molecule has 0 aromatic rings. The Hall–Kier alpha value is 1.38. The Kier molecular flexibility index (Phi) is 15.8. The molecule has 0 aromatic heterocycles. The van der Waals surface area contributed by atoms with E-state index in [2.05, 4.69) is 8.37 Å². The minimum absolute atomic E-state index is 0. The molecule has 0 amide bonds. The van der Waals surface area contributed by atoms with Crippen molar-refractivity contribution in [3.8, 4) is 0 Å². The topological polar surface area (TPSA) is 260 Å². The molecule has 21 heteroatoms. The summed E-state index contributed by atoms with van der Waals surface area (Å²) in [6.45, 7) is -2.00. The van der Waals surface area contributed by atoms with Crippen molar-refractivity contribution in [3.05, 3.63) is 0 Å². The minimum atomic E-state index is -5.20. The van der Waals surface area contributed by atoms with E-state index in [1.807, 2.05) is 0 Å². The van der Waals surface area contributed by atoms with Gasteiger partial charge in [-0.15, -0.1) is 0 Å². The number of hydrogen-bond acceptors (Lipinski definition) is 17. The summed E-state index contributed by atoms with van der Waals surface area (Å²) in [4.78, 5) is 0. The van der Waals surface area contributed by atoms with Crippen molar-refractivity contribution in [1.29, 1.82) is 0 Å². The van der Waals surface area contributed by atoms with E-state index in [1.54, 1.807) is 0 Å². The summed E-state index contributed by atoms with van der Waals surface area (Å²) < 4.78 is 98.9. The van der Waals surface area contributed by atoms with Gasteiger partial charge in [0.25, 0.3) is 0 Å². The molecule has 2 heterocycles. The van der Waals surface area contributed by atoms with E-state index < -0.39 is 95.4 Å². The fraction of sp³-hybridized carbons (Fsp3) is 1.00. The number of hydrogen-bond donors (Lipinski definition) is 4. The van der Waals surface area contributed by atoms with Gasteiger partial charge in [0.2, 0.25) is 20.8 Å². The number of aliphatic hydroxyl groups is 4. The number of rotatable bonds is 10. The number of methoxy groups -OCH3 is 2. The molecule has 0 spiro atoms. The molecular weight excluding hydrogens is 550 g/mol. The van der Waals surface area contributed by atoms with Gasteiger partial charge in [0, 0.05) is 14.2 Å². The molecular formula is C14H24Na2O17S2. The summed E-state index contributed by atoms with van der Waals surface area (Å²) in [5.41, 5.74) is 0. The maximum absolute atomic E-state index is 10.9. The van der Waals surface area contributed by atoms with Crippen LogP contribution in [0.3, 0.4) is 0 Å². The molecule has 196 valence electrons. The molecule has 2 aliphatic heterocycles. The van der Waals surface area contributed by atoms with Crippen LogP contribution in [0.2, 0.25) is 0 Å². The van der Waals surface area contributed by atoms with Crippen LogP contribution in [0.25, 0.3) is 0 Å². The molecule has 10 atom stereocenters. The van der Waals surface area contributed by atoms with Crippen molar-refractivity contribution < 1.29 is 138 Å². The van der Waals surface area contributed by atoms with Gasteiger partial charge in [0.15, 0.2) is 12.6 Å². The van der Waals surface area contributed by atoms with Gasteiger partial charge < -0.3 is 53.2 Å². The van der Waals surface area contributed by atoms with E-state index >= 15 is 0 Å². The van der Waals surface area contributed by atoms with Crippen LogP contribution in [-0.2, 0) is 52.8 Å². The van der Waals surface area contributed by atoms with Crippen LogP contribution in [0.1, 0.15) is 0 Å². The molecule has 0 radical (unpaired) electrons. The molecule has 2 rings (SSSR count). The van der Waals surface area contributed by atoms with Gasteiger partial charge >= 0.3 is 59.1 Å². The average Bonchev–Trinajstić information content (AvgIpc) is 2.71. The second-order valence-electron chi connectivity index (χ2n) is 6.97. The summed E-state index contributed by atoms with van der Waals surface area (Å²) in [6, 6.07) is 0. The van der Waals surface area contributed by atoms with Crippen LogP contribution in [-0.4, -0.2) is 135 Å². The first-order valence-electron chi connectivity index (χ1n) is 9.13. The van der Waals surface area contributed by atoms with Gasteiger partial charge in [-0.2, -0.15) is 0 Å². The molecule has 2 fully saturated rings.